The molecular formula is C16H17NO3. The predicted molar refractivity (Wildman–Crippen MR) is 76.5 cm³/mol. The van der Waals surface area contributed by atoms with Crippen LogP contribution in [0.5, 0.6) is 11.5 Å². The van der Waals surface area contributed by atoms with Crippen LogP contribution in [0.1, 0.15) is 12.5 Å². The molecule has 0 heterocycles. The van der Waals surface area contributed by atoms with Gasteiger partial charge in [0.1, 0.15) is 17.6 Å². The van der Waals surface area contributed by atoms with Crippen molar-refractivity contribution in [3.8, 4) is 11.5 Å². The van der Waals surface area contributed by atoms with Crippen LogP contribution in [0, 0.1) is 0 Å². The Morgan fingerprint density at radius 1 is 1.15 bits per heavy atom. The van der Waals surface area contributed by atoms with Crippen molar-refractivity contribution >= 4 is 5.91 Å². The molecule has 0 aliphatic carbocycles. The molecule has 1 unspecified atom stereocenters. The van der Waals surface area contributed by atoms with Gasteiger partial charge in [-0.05, 0) is 36.8 Å². The number of hydrogen-bond acceptors (Lipinski definition) is 3. The van der Waals surface area contributed by atoms with Gasteiger partial charge in [0.25, 0.3) is 0 Å². The second kappa shape index (κ2) is 6.73. The zero-order chi connectivity index (χ0) is 14.4. The molecule has 2 rings (SSSR count). The molecule has 0 spiro atoms. The Kier molecular flexibility index (Phi) is 4.74. The number of benzene rings is 2. The lowest BCUT2D eigenvalue weighted by molar-refractivity contribution is -0.128. The summed E-state index contributed by atoms with van der Waals surface area (Å²) in [6.07, 6.45) is -1.00. The number of ether oxygens (including phenoxy) is 1. The first-order chi connectivity index (χ1) is 9.65. The SMILES string of the molecule is CC(O)C(=O)NCc1cccc(Oc2ccccc2)c1. The van der Waals surface area contributed by atoms with Crippen molar-refractivity contribution in [2.75, 3.05) is 0 Å². The van der Waals surface area contributed by atoms with E-state index in [9.17, 15) is 4.79 Å². The molecule has 2 aromatic rings. The van der Waals surface area contributed by atoms with Crippen LogP contribution >= 0.6 is 0 Å². The zero-order valence-corrected chi connectivity index (χ0v) is 11.2. The van der Waals surface area contributed by atoms with E-state index in [0.717, 1.165) is 11.3 Å². The summed E-state index contributed by atoms with van der Waals surface area (Å²) in [6, 6.07) is 17.0. The minimum absolute atomic E-state index is 0.357. The van der Waals surface area contributed by atoms with Gasteiger partial charge < -0.3 is 15.2 Å². The highest BCUT2D eigenvalue weighted by Gasteiger charge is 2.07. The fourth-order valence-electron chi connectivity index (χ4n) is 1.68. The third-order valence-corrected chi connectivity index (χ3v) is 2.72. The standard InChI is InChI=1S/C16H17NO3/c1-12(18)16(19)17-11-13-6-5-9-15(10-13)20-14-7-3-2-4-8-14/h2-10,12,18H,11H2,1H3,(H,17,19). The lowest BCUT2D eigenvalue weighted by Crippen LogP contribution is -2.31. The van der Waals surface area contributed by atoms with Gasteiger partial charge in [-0.2, -0.15) is 0 Å². The summed E-state index contributed by atoms with van der Waals surface area (Å²) in [7, 11) is 0. The highest BCUT2D eigenvalue weighted by atomic mass is 16.5. The molecule has 0 aliphatic rings. The summed E-state index contributed by atoms with van der Waals surface area (Å²) in [5.74, 6) is 1.08. The molecule has 4 heteroatoms. The Balaban J connectivity index is 1.99. The number of rotatable bonds is 5. The quantitative estimate of drug-likeness (QED) is 0.878. The van der Waals surface area contributed by atoms with Gasteiger partial charge in [0.05, 0.1) is 0 Å². The van der Waals surface area contributed by atoms with Crippen LogP contribution in [0.3, 0.4) is 0 Å². The van der Waals surface area contributed by atoms with E-state index in [1.165, 1.54) is 6.92 Å². The van der Waals surface area contributed by atoms with Gasteiger partial charge in [0, 0.05) is 6.54 Å². The van der Waals surface area contributed by atoms with Crippen LogP contribution in [-0.4, -0.2) is 17.1 Å². The van der Waals surface area contributed by atoms with Crippen LogP contribution < -0.4 is 10.1 Å². The topological polar surface area (TPSA) is 58.6 Å². The van der Waals surface area contributed by atoms with Crippen molar-refractivity contribution in [2.45, 2.75) is 19.6 Å². The van der Waals surface area contributed by atoms with E-state index in [1.807, 2.05) is 54.6 Å². The smallest absolute Gasteiger partial charge is 0.248 e. The van der Waals surface area contributed by atoms with Gasteiger partial charge in [-0.15, -0.1) is 0 Å². The number of aliphatic hydroxyl groups is 1. The third kappa shape index (κ3) is 4.10. The summed E-state index contributed by atoms with van der Waals surface area (Å²) >= 11 is 0. The molecule has 0 aliphatic heterocycles. The van der Waals surface area contributed by atoms with Crippen molar-refractivity contribution in [3.05, 3.63) is 60.2 Å². The zero-order valence-electron chi connectivity index (χ0n) is 11.2. The van der Waals surface area contributed by atoms with Gasteiger partial charge >= 0.3 is 0 Å². The molecule has 0 bridgehead atoms. The number of aliphatic hydroxyl groups excluding tert-OH is 1. The molecule has 4 nitrogen and oxygen atoms in total. The van der Waals surface area contributed by atoms with Crippen LogP contribution in [0.15, 0.2) is 54.6 Å². The summed E-state index contributed by atoms with van der Waals surface area (Å²) in [5.41, 5.74) is 0.910. The molecule has 104 valence electrons. The lowest BCUT2D eigenvalue weighted by atomic mass is 10.2. The molecule has 0 fully saturated rings. The lowest BCUT2D eigenvalue weighted by Gasteiger charge is -2.09. The Hall–Kier alpha value is -2.33. The first-order valence-corrected chi connectivity index (χ1v) is 6.43. The summed E-state index contributed by atoms with van der Waals surface area (Å²) in [4.78, 5) is 11.3. The molecule has 1 amide bonds. The van der Waals surface area contributed by atoms with E-state index >= 15 is 0 Å². The molecular weight excluding hydrogens is 254 g/mol. The summed E-state index contributed by atoms with van der Waals surface area (Å²) < 4.78 is 5.71. The van der Waals surface area contributed by atoms with Gasteiger partial charge in [-0.1, -0.05) is 30.3 Å². The number of para-hydroxylation sites is 1. The minimum atomic E-state index is -1.00. The van der Waals surface area contributed by atoms with E-state index in [4.69, 9.17) is 9.84 Å². The van der Waals surface area contributed by atoms with Crippen LogP contribution in [0.2, 0.25) is 0 Å². The summed E-state index contributed by atoms with van der Waals surface area (Å²) in [6.45, 7) is 1.79. The molecule has 0 saturated heterocycles. The number of hydrogen-bond donors (Lipinski definition) is 2. The van der Waals surface area contributed by atoms with Crippen LogP contribution in [-0.2, 0) is 11.3 Å². The first-order valence-electron chi connectivity index (χ1n) is 6.43. The Morgan fingerprint density at radius 3 is 2.55 bits per heavy atom. The summed E-state index contributed by atoms with van der Waals surface area (Å²) in [5, 5.41) is 11.8. The first kappa shape index (κ1) is 14.1. The van der Waals surface area contributed by atoms with Crippen molar-refractivity contribution < 1.29 is 14.6 Å². The second-order valence-electron chi connectivity index (χ2n) is 4.46. The van der Waals surface area contributed by atoms with E-state index < -0.39 is 6.10 Å². The largest absolute Gasteiger partial charge is 0.457 e. The van der Waals surface area contributed by atoms with E-state index in [2.05, 4.69) is 5.32 Å². The van der Waals surface area contributed by atoms with E-state index in [1.54, 1.807) is 0 Å². The van der Waals surface area contributed by atoms with Crippen molar-refractivity contribution in [1.82, 2.24) is 5.32 Å². The third-order valence-electron chi connectivity index (χ3n) is 2.72. The van der Waals surface area contributed by atoms with Gasteiger partial charge in [0.15, 0.2) is 0 Å². The average Bonchev–Trinajstić information content (AvgIpc) is 2.46. The fourth-order valence-corrected chi connectivity index (χ4v) is 1.68. The van der Waals surface area contributed by atoms with Crippen LogP contribution in [0.4, 0.5) is 0 Å². The maximum absolute atomic E-state index is 11.3. The van der Waals surface area contributed by atoms with E-state index in [-0.39, 0.29) is 5.91 Å². The number of amides is 1. The Morgan fingerprint density at radius 2 is 1.85 bits per heavy atom. The van der Waals surface area contributed by atoms with Gasteiger partial charge in [-0.3, -0.25) is 4.79 Å². The monoisotopic (exact) mass is 271 g/mol. The molecule has 20 heavy (non-hydrogen) atoms. The minimum Gasteiger partial charge on any atom is -0.457 e. The normalized spacial score (nSPS) is 11.7. The molecule has 1 atom stereocenters. The molecule has 0 aromatic heterocycles. The molecule has 2 aromatic carbocycles. The number of nitrogens with one attached hydrogen (secondary N) is 1. The molecule has 0 radical (unpaired) electrons. The van der Waals surface area contributed by atoms with Gasteiger partial charge in [-0.25, -0.2) is 0 Å². The number of carbonyl (C=O) groups is 1. The highest BCUT2D eigenvalue weighted by Crippen LogP contribution is 2.21. The fraction of sp³-hybridized carbons (Fsp3) is 0.188. The predicted octanol–water partition coefficient (Wildman–Crippen LogP) is 2.48. The van der Waals surface area contributed by atoms with Crippen LogP contribution in [0.25, 0.3) is 0 Å². The average molecular weight is 271 g/mol. The number of carbonyl (C=O) groups excluding carboxylic acids is 1. The molecule has 2 N–H and O–H groups in total. The molecule has 0 saturated carbocycles. The Labute approximate surface area is 118 Å². The van der Waals surface area contributed by atoms with Crippen molar-refractivity contribution in [1.29, 1.82) is 0 Å². The second-order valence-corrected chi connectivity index (χ2v) is 4.46. The van der Waals surface area contributed by atoms with Gasteiger partial charge in [0.2, 0.25) is 5.91 Å². The Bertz CT molecular complexity index is 567. The van der Waals surface area contributed by atoms with Crippen molar-refractivity contribution in [3.63, 3.8) is 0 Å². The maximum atomic E-state index is 11.3. The highest BCUT2D eigenvalue weighted by molar-refractivity contribution is 5.79. The van der Waals surface area contributed by atoms with Crippen molar-refractivity contribution in [2.24, 2.45) is 0 Å². The maximum Gasteiger partial charge on any atom is 0.248 e. The van der Waals surface area contributed by atoms with E-state index in [0.29, 0.717) is 12.3 Å².